The Morgan fingerprint density at radius 3 is 2.50 bits per heavy atom. The number of hydrogen-bond donors (Lipinski definition) is 4. The Morgan fingerprint density at radius 1 is 1.18 bits per heavy atom. The number of morpholine rings is 1. The van der Waals surface area contributed by atoms with Gasteiger partial charge in [0.05, 0.1) is 24.1 Å². The van der Waals surface area contributed by atoms with Crippen molar-refractivity contribution in [1.29, 1.82) is 0 Å². The van der Waals surface area contributed by atoms with Crippen LogP contribution in [0.5, 0.6) is 0 Å². The lowest BCUT2D eigenvalue weighted by atomic mass is 10.00. The van der Waals surface area contributed by atoms with E-state index in [0.29, 0.717) is 25.2 Å². The number of nitrogens with one attached hydrogen (secondary N) is 1. The molecular formula is C26H49AlBrN3O11PS. The number of imide groups is 1. The summed E-state index contributed by atoms with van der Waals surface area (Å²) in [7, 11) is -3.23. The first-order valence-corrected chi connectivity index (χ1v) is 17.6. The zero-order chi connectivity index (χ0) is 32.4. The number of ether oxygens (including phenoxy) is 2. The zero-order valence-electron chi connectivity index (χ0n) is 26.5. The maximum absolute atomic E-state index is 12.8. The van der Waals surface area contributed by atoms with Crippen LogP contribution in [0, 0.1) is 0 Å². The van der Waals surface area contributed by atoms with E-state index in [-0.39, 0.29) is 73.3 Å². The lowest BCUT2D eigenvalue weighted by Gasteiger charge is -2.42. The average Bonchev–Trinajstić information content (AvgIpc) is 3.16. The van der Waals surface area contributed by atoms with E-state index in [1.165, 1.54) is 11.8 Å². The molecular weight excluding hydrogens is 700 g/mol. The highest BCUT2D eigenvalue weighted by Crippen LogP contribution is 2.29. The van der Waals surface area contributed by atoms with Gasteiger partial charge in [0, 0.05) is 31.5 Å². The molecule has 0 aliphatic carbocycles. The van der Waals surface area contributed by atoms with Crippen LogP contribution in [0.25, 0.3) is 0 Å². The molecule has 0 spiro atoms. The van der Waals surface area contributed by atoms with Crippen LogP contribution in [0.2, 0.25) is 0 Å². The second-order valence-corrected chi connectivity index (χ2v) is 14.7. The molecule has 44 heavy (non-hydrogen) atoms. The third-order valence-electron chi connectivity index (χ3n) is 6.93. The molecule has 0 saturated carbocycles. The Kier molecular flexibility index (Phi) is 18.7. The van der Waals surface area contributed by atoms with Crippen molar-refractivity contribution >= 4 is 71.0 Å². The van der Waals surface area contributed by atoms with Gasteiger partial charge in [0.25, 0.3) is 0 Å². The third kappa shape index (κ3) is 13.9. The van der Waals surface area contributed by atoms with Gasteiger partial charge in [-0.2, -0.15) is 0 Å². The van der Waals surface area contributed by atoms with Crippen molar-refractivity contribution in [3.8, 4) is 0 Å². The second-order valence-electron chi connectivity index (χ2n) is 11.7. The molecule has 255 valence electrons. The minimum atomic E-state index is -3.23. The van der Waals surface area contributed by atoms with Crippen molar-refractivity contribution in [2.24, 2.45) is 0 Å². The molecule has 1 radical (unpaired) electrons. The zero-order valence-corrected chi connectivity index (χ0v) is 31.9. The third-order valence-corrected chi connectivity index (χ3v) is 9.32. The number of rotatable bonds is 19. The fourth-order valence-corrected chi connectivity index (χ4v) is 6.54. The Morgan fingerprint density at radius 2 is 1.86 bits per heavy atom. The second kappa shape index (κ2) is 19.6. The number of carbonyl (C=O) groups is 3. The molecule has 0 aromatic carbocycles. The Hall–Kier alpha value is -0.118. The van der Waals surface area contributed by atoms with Gasteiger partial charge in [-0.15, -0.1) is 16.8 Å². The van der Waals surface area contributed by atoms with Crippen molar-refractivity contribution in [3.05, 3.63) is 0 Å². The van der Waals surface area contributed by atoms with Gasteiger partial charge in [0.1, 0.15) is 23.5 Å². The van der Waals surface area contributed by atoms with E-state index in [1.807, 2.05) is 27.7 Å². The Bertz CT molecular complexity index is 970. The minimum Gasteiger partial charge on any atom is -0.375 e. The molecule has 2 aliphatic rings. The first-order valence-electron chi connectivity index (χ1n) is 14.4. The SMILES string of the molecule is CCCC(C)(C)OCCC(C)(C)NC(=O)CCN1C(=O)CC(SCCCON2C(O)C(Br)OC(CO[PH](=O)O)C2O)C1=O.[AlH2]. The molecule has 14 nitrogen and oxygen atoms in total. The fourth-order valence-electron chi connectivity index (χ4n) is 4.62. The Labute approximate surface area is 283 Å². The van der Waals surface area contributed by atoms with Crippen LogP contribution in [0.3, 0.4) is 0 Å². The van der Waals surface area contributed by atoms with Crippen LogP contribution in [0.4, 0.5) is 0 Å². The van der Waals surface area contributed by atoms with E-state index in [1.54, 1.807) is 0 Å². The summed E-state index contributed by atoms with van der Waals surface area (Å²) in [6.07, 6.45) is -0.807. The molecule has 2 saturated heterocycles. The summed E-state index contributed by atoms with van der Waals surface area (Å²) >= 11 is 4.41. The number of likely N-dealkylation sites (tertiary alicyclic amines) is 1. The number of hydrogen-bond acceptors (Lipinski definition) is 12. The fraction of sp³-hybridized carbons (Fsp3) is 0.885. The summed E-state index contributed by atoms with van der Waals surface area (Å²) < 4.78 is 26.8. The molecule has 2 heterocycles. The first kappa shape index (κ1) is 41.9. The van der Waals surface area contributed by atoms with Crippen molar-refractivity contribution in [2.45, 2.75) is 113 Å². The van der Waals surface area contributed by atoms with Crippen LogP contribution in [0.15, 0.2) is 0 Å². The molecule has 2 aliphatic heterocycles. The minimum absolute atomic E-state index is 0. The highest BCUT2D eigenvalue weighted by atomic mass is 79.9. The number of alkyl halides is 1. The lowest BCUT2D eigenvalue weighted by Crippen LogP contribution is -2.60. The molecule has 6 atom stereocenters. The van der Waals surface area contributed by atoms with E-state index in [4.69, 9.17) is 19.2 Å². The number of aliphatic hydroxyl groups excluding tert-OH is 2. The van der Waals surface area contributed by atoms with E-state index in [9.17, 15) is 29.2 Å². The standard InChI is InChI=1S/C26H47BrN3O11PS.Al.2H/c1-6-9-26(4,5)38-13-10-25(2,3)28-19(31)8-11-29-20(32)15-18(23(29)34)43-14-7-12-39-30-22(33)17(16-40-42(36)37)41-21(27)24(30)35;;;/h17-18,21-22,24,33,35,42H,6-16H2,1-5H3,(H,28,31)(H,36,37);;;. The molecule has 3 amide bonds. The summed E-state index contributed by atoms with van der Waals surface area (Å²) in [6, 6.07) is 0. The smallest absolute Gasteiger partial charge is 0.316 e. The van der Waals surface area contributed by atoms with E-state index >= 15 is 0 Å². The van der Waals surface area contributed by atoms with Crippen LogP contribution in [-0.4, -0.2) is 132 Å². The molecule has 6 unspecified atom stereocenters. The molecule has 0 aromatic heterocycles. The maximum Gasteiger partial charge on any atom is 0.316 e. The van der Waals surface area contributed by atoms with Gasteiger partial charge in [-0.1, -0.05) is 29.3 Å². The lowest BCUT2D eigenvalue weighted by molar-refractivity contribution is -0.364. The van der Waals surface area contributed by atoms with Gasteiger partial charge < -0.3 is 34.4 Å². The van der Waals surface area contributed by atoms with Gasteiger partial charge in [-0.05, 0) is 52.7 Å². The van der Waals surface area contributed by atoms with Gasteiger partial charge >= 0.3 is 8.25 Å². The number of hydroxylamine groups is 2. The summed E-state index contributed by atoms with van der Waals surface area (Å²) in [6.45, 7) is 10.2. The molecule has 0 bridgehead atoms. The number of nitrogens with zero attached hydrogens (tertiary/aromatic N) is 2. The quantitative estimate of drug-likeness (QED) is 0.0483. The van der Waals surface area contributed by atoms with Gasteiger partial charge in [-0.25, -0.2) is 0 Å². The summed E-state index contributed by atoms with van der Waals surface area (Å²) in [5.74, 6) is -0.443. The molecule has 0 aromatic rings. The van der Waals surface area contributed by atoms with Crippen molar-refractivity contribution in [2.75, 3.05) is 32.1 Å². The number of amides is 3. The van der Waals surface area contributed by atoms with E-state index in [0.717, 1.165) is 22.8 Å². The predicted octanol–water partition coefficient (Wildman–Crippen LogP) is 0.980. The van der Waals surface area contributed by atoms with Crippen LogP contribution < -0.4 is 5.32 Å². The molecule has 18 heteroatoms. The number of thioether (sulfide) groups is 1. The van der Waals surface area contributed by atoms with Crippen molar-refractivity contribution in [3.63, 3.8) is 0 Å². The summed E-state index contributed by atoms with van der Waals surface area (Å²) in [5, 5.41) is 23.0. The predicted molar refractivity (Wildman–Crippen MR) is 172 cm³/mol. The highest BCUT2D eigenvalue weighted by Gasteiger charge is 2.43. The Balaban J connectivity index is 0.00000968. The number of carbonyl (C=O) groups excluding carboxylic acids is 3. The number of aliphatic hydroxyl groups is 2. The monoisotopic (exact) mass is 748 g/mol. The maximum atomic E-state index is 12.8. The molecule has 2 fully saturated rings. The van der Waals surface area contributed by atoms with Gasteiger partial charge in [0.15, 0.2) is 17.5 Å². The number of halogens is 1. The van der Waals surface area contributed by atoms with E-state index < -0.39 is 42.6 Å². The normalized spacial score (nSPS) is 25.7. The van der Waals surface area contributed by atoms with Gasteiger partial charge in [0.2, 0.25) is 17.7 Å². The van der Waals surface area contributed by atoms with Gasteiger partial charge in [-0.3, -0.25) is 28.7 Å². The van der Waals surface area contributed by atoms with Crippen molar-refractivity contribution < 1.29 is 52.9 Å². The van der Waals surface area contributed by atoms with Crippen LogP contribution in [-0.2, 0) is 37.8 Å². The highest BCUT2D eigenvalue weighted by molar-refractivity contribution is 9.09. The molecule has 4 N–H and O–H groups in total. The molecule has 2 rings (SSSR count). The first-order chi connectivity index (χ1) is 20.1. The topological polar surface area (TPSA) is 184 Å². The van der Waals surface area contributed by atoms with Crippen molar-refractivity contribution in [1.82, 2.24) is 15.3 Å². The largest absolute Gasteiger partial charge is 0.375 e. The average molecular weight is 750 g/mol. The summed E-state index contributed by atoms with van der Waals surface area (Å²) in [4.78, 5) is 53.5. The van der Waals surface area contributed by atoms with Crippen LogP contribution in [0.1, 0.15) is 73.1 Å². The van der Waals surface area contributed by atoms with E-state index in [2.05, 4.69) is 32.7 Å². The summed E-state index contributed by atoms with van der Waals surface area (Å²) in [5.41, 5.74) is -0.722. The van der Waals surface area contributed by atoms with Crippen LogP contribution >= 0.6 is 35.9 Å².